The number of rotatable bonds is 4. The van der Waals surface area contributed by atoms with E-state index in [0.717, 1.165) is 12.6 Å². The monoisotopic (exact) mass is 213 g/mol. The minimum atomic E-state index is 0.672. The molecule has 15 heavy (non-hydrogen) atoms. The third-order valence-corrected chi connectivity index (χ3v) is 3.55. The van der Waals surface area contributed by atoms with E-state index in [1.807, 2.05) is 7.05 Å². The predicted octanol–water partition coefficient (Wildman–Crippen LogP) is 1.01. The van der Waals surface area contributed by atoms with E-state index < -0.39 is 0 Å². The molecule has 1 heterocycles. The van der Waals surface area contributed by atoms with E-state index in [1.165, 1.54) is 19.5 Å². The molecule has 0 aromatic heterocycles. The highest BCUT2D eigenvalue weighted by Gasteiger charge is 2.29. The van der Waals surface area contributed by atoms with Gasteiger partial charge in [0.15, 0.2) is 0 Å². The summed E-state index contributed by atoms with van der Waals surface area (Å²) in [6.07, 6.45) is 1.25. The van der Waals surface area contributed by atoms with Crippen LogP contribution in [0, 0.1) is 0 Å². The van der Waals surface area contributed by atoms with Gasteiger partial charge in [-0.1, -0.05) is 0 Å². The third kappa shape index (κ3) is 3.44. The van der Waals surface area contributed by atoms with E-state index >= 15 is 0 Å². The van der Waals surface area contributed by atoms with Gasteiger partial charge in [0.05, 0.1) is 0 Å². The molecule has 1 aliphatic heterocycles. The molecule has 0 aromatic carbocycles. The first kappa shape index (κ1) is 12.9. The second-order valence-electron chi connectivity index (χ2n) is 5.13. The highest BCUT2D eigenvalue weighted by molar-refractivity contribution is 4.86. The molecular weight excluding hydrogens is 186 g/mol. The largest absolute Gasteiger partial charge is 0.320 e. The minimum absolute atomic E-state index is 0.672. The van der Waals surface area contributed by atoms with Crippen LogP contribution in [0.25, 0.3) is 0 Å². The Hall–Kier alpha value is -0.120. The van der Waals surface area contributed by atoms with Crippen LogP contribution in [-0.2, 0) is 0 Å². The fourth-order valence-electron chi connectivity index (χ4n) is 2.58. The third-order valence-electron chi connectivity index (χ3n) is 3.55. The number of nitrogens with one attached hydrogen (secondary N) is 1. The Morgan fingerprint density at radius 2 is 2.00 bits per heavy atom. The molecule has 0 saturated carbocycles. The van der Waals surface area contributed by atoms with E-state index in [9.17, 15) is 0 Å². The van der Waals surface area contributed by atoms with Crippen LogP contribution in [-0.4, -0.2) is 61.7 Å². The lowest BCUT2D eigenvalue weighted by molar-refractivity contribution is 0.0289. The van der Waals surface area contributed by atoms with Crippen molar-refractivity contribution in [2.24, 2.45) is 0 Å². The maximum Gasteiger partial charge on any atom is 0.0233 e. The molecule has 1 N–H and O–H groups in total. The second-order valence-corrected chi connectivity index (χ2v) is 5.13. The molecule has 3 nitrogen and oxygen atoms in total. The van der Waals surface area contributed by atoms with E-state index in [1.54, 1.807) is 0 Å². The van der Waals surface area contributed by atoms with Crippen molar-refractivity contribution < 1.29 is 0 Å². The van der Waals surface area contributed by atoms with Crippen LogP contribution in [0.2, 0.25) is 0 Å². The van der Waals surface area contributed by atoms with Crippen molar-refractivity contribution in [2.45, 2.75) is 45.3 Å². The van der Waals surface area contributed by atoms with E-state index in [2.05, 4.69) is 42.9 Å². The van der Waals surface area contributed by atoms with Crippen molar-refractivity contribution in [3.63, 3.8) is 0 Å². The lowest BCUT2D eigenvalue weighted by Crippen LogP contribution is -2.58. The lowest BCUT2D eigenvalue weighted by Gasteiger charge is -2.45. The SMILES string of the molecule is CNCCC1CN(C(C)C)C(C)CN1C. The zero-order valence-corrected chi connectivity index (χ0v) is 11.0. The van der Waals surface area contributed by atoms with Gasteiger partial charge in [0.2, 0.25) is 0 Å². The zero-order valence-electron chi connectivity index (χ0n) is 11.0. The molecule has 1 saturated heterocycles. The van der Waals surface area contributed by atoms with E-state index in [0.29, 0.717) is 12.1 Å². The maximum absolute atomic E-state index is 3.25. The van der Waals surface area contributed by atoms with Gasteiger partial charge in [-0.05, 0) is 47.8 Å². The Kier molecular flexibility index (Phi) is 5.03. The molecule has 0 amide bonds. The topological polar surface area (TPSA) is 18.5 Å². The fraction of sp³-hybridized carbons (Fsp3) is 1.00. The summed E-state index contributed by atoms with van der Waals surface area (Å²) in [7, 11) is 4.29. The van der Waals surface area contributed by atoms with E-state index in [-0.39, 0.29) is 0 Å². The molecule has 0 bridgehead atoms. The molecule has 2 unspecified atom stereocenters. The number of hydrogen-bond acceptors (Lipinski definition) is 3. The average molecular weight is 213 g/mol. The summed E-state index contributed by atoms with van der Waals surface area (Å²) in [5, 5.41) is 3.25. The normalized spacial score (nSPS) is 30.0. The standard InChI is InChI=1S/C12H27N3/c1-10(2)15-9-12(6-7-13-4)14(5)8-11(15)3/h10-13H,6-9H2,1-5H3. The van der Waals surface area contributed by atoms with Crippen molar-refractivity contribution in [1.82, 2.24) is 15.1 Å². The Morgan fingerprint density at radius 1 is 1.33 bits per heavy atom. The van der Waals surface area contributed by atoms with Crippen LogP contribution in [0.4, 0.5) is 0 Å². The molecule has 90 valence electrons. The quantitative estimate of drug-likeness (QED) is 0.752. The summed E-state index contributed by atoms with van der Waals surface area (Å²) in [4.78, 5) is 5.14. The fourth-order valence-corrected chi connectivity index (χ4v) is 2.58. The van der Waals surface area contributed by atoms with Crippen molar-refractivity contribution in [3.8, 4) is 0 Å². The number of nitrogens with zero attached hydrogens (tertiary/aromatic N) is 2. The van der Waals surface area contributed by atoms with Crippen LogP contribution in [0.15, 0.2) is 0 Å². The van der Waals surface area contributed by atoms with Gasteiger partial charge in [0, 0.05) is 31.2 Å². The van der Waals surface area contributed by atoms with Crippen molar-refractivity contribution in [1.29, 1.82) is 0 Å². The molecule has 0 aliphatic carbocycles. The van der Waals surface area contributed by atoms with Gasteiger partial charge in [-0.2, -0.15) is 0 Å². The van der Waals surface area contributed by atoms with Gasteiger partial charge in [-0.25, -0.2) is 0 Å². The molecule has 0 aromatic rings. The molecular formula is C12H27N3. The average Bonchev–Trinajstić information content (AvgIpc) is 2.16. The van der Waals surface area contributed by atoms with Crippen LogP contribution in [0.1, 0.15) is 27.2 Å². The van der Waals surface area contributed by atoms with Crippen LogP contribution >= 0.6 is 0 Å². The van der Waals surface area contributed by atoms with Gasteiger partial charge in [0.25, 0.3) is 0 Å². The number of hydrogen-bond donors (Lipinski definition) is 1. The van der Waals surface area contributed by atoms with E-state index in [4.69, 9.17) is 0 Å². The van der Waals surface area contributed by atoms with Gasteiger partial charge < -0.3 is 10.2 Å². The molecule has 3 heteroatoms. The predicted molar refractivity (Wildman–Crippen MR) is 66.3 cm³/mol. The zero-order chi connectivity index (χ0) is 11.4. The van der Waals surface area contributed by atoms with Crippen molar-refractivity contribution in [3.05, 3.63) is 0 Å². The summed E-state index contributed by atoms with van der Waals surface area (Å²) in [5.41, 5.74) is 0. The first-order valence-corrected chi connectivity index (χ1v) is 6.16. The Bertz CT molecular complexity index is 182. The highest BCUT2D eigenvalue weighted by Crippen LogP contribution is 2.17. The number of likely N-dealkylation sites (N-methyl/N-ethyl adjacent to an activating group) is 1. The minimum Gasteiger partial charge on any atom is -0.320 e. The van der Waals surface area contributed by atoms with Crippen LogP contribution in [0.5, 0.6) is 0 Å². The van der Waals surface area contributed by atoms with Gasteiger partial charge in [-0.15, -0.1) is 0 Å². The second kappa shape index (κ2) is 5.83. The Labute approximate surface area is 94.8 Å². The maximum atomic E-state index is 3.25. The first-order chi connectivity index (χ1) is 7.06. The summed E-state index contributed by atoms with van der Waals surface area (Å²) < 4.78 is 0. The summed E-state index contributed by atoms with van der Waals surface area (Å²) in [5.74, 6) is 0. The summed E-state index contributed by atoms with van der Waals surface area (Å²) >= 11 is 0. The summed E-state index contributed by atoms with van der Waals surface area (Å²) in [6, 6.07) is 2.09. The first-order valence-electron chi connectivity index (χ1n) is 6.16. The van der Waals surface area contributed by atoms with Crippen LogP contribution < -0.4 is 5.32 Å². The number of piperazine rings is 1. The molecule has 0 spiro atoms. The lowest BCUT2D eigenvalue weighted by atomic mass is 10.0. The molecule has 0 radical (unpaired) electrons. The van der Waals surface area contributed by atoms with Gasteiger partial charge in [0.1, 0.15) is 0 Å². The molecule has 1 rings (SSSR count). The van der Waals surface area contributed by atoms with Crippen LogP contribution in [0.3, 0.4) is 0 Å². The van der Waals surface area contributed by atoms with Crippen molar-refractivity contribution in [2.75, 3.05) is 33.7 Å². The molecule has 1 aliphatic rings. The molecule has 2 atom stereocenters. The molecule has 1 fully saturated rings. The smallest absolute Gasteiger partial charge is 0.0233 e. The Morgan fingerprint density at radius 3 is 2.53 bits per heavy atom. The Balaban J connectivity index is 2.50. The highest BCUT2D eigenvalue weighted by atomic mass is 15.3. The van der Waals surface area contributed by atoms with Gasteiger partial charge in [-0.3, -0.25) is 4.90 Å². The van der Waals surface area contributed by atoms with Crippen molar-refractivity contribution >= 4 is 0 Å². The van der Waals surface area contributed by atoms with Gasteiger partial charge >= 0.3 is 0 Å². The summed E-state index contributed by atoms with van der Waals surface area (Å²) in [6.45, 7) is 10.5.